The van der Waals surface area contributed by atoms with Crippen LogP contribution in [0.25, 0.3) is 10.9 Å². The lowest BCUT2D eigenvalue weighted by Gasteiger charge is -2.34. The van der Waals surface area contributed by atoms with Crippen molar-refractivity contribution in [2.45, 2.75) is 13.0 Å². The largest absolute Gasteiger partial charge is 0.399 e. The van der Waals surface area contributed by atoms with Crippen LogP contribution < -0.4 is 16.0 Å². The highest BCUT2D eigenvalue weighted by Gasteiger charge is 2.27. The Bertz CT molecular complexity index is 642. The summed E-state index contributed by atoms with van der Waals surface area (Å²) in [5.74, 6) is 0.806. The first-order chi connectivity index (χ1) is 9.16. The standard InChI is InChI=1S/C13H15N5O/c1-8-13(19)15-4-5-18(8)12-10-3-2-9(14)6-11(10)16-7-17-12/h2-3,6-8H,4-5,14H2,1H3,(H,15,19). The van der Waals surface area contributed by atoms with Gasteiger partial charge >= 0.3 is 0 Å². The first kappa shape index (κ1) is 11.7. The molecule has 1 aliphatic rings. The summed E-state index contributed by atoms with van der Waals surface area (Å²) in [5, 5.41) is 3.76. The minimum Gasteiger partial charge on any atom is -0.399 e. The Morgan fingerprint density at radius 2 is 2.26 bits per heavy atom. The maximum Gasteiger partial charge on any atom is 0.242 e. The van der Waals surface area contributed by atoms with E-state index < -0.39 is 0 Å². The van der Waals surface area contributed by atoms with Crippen molar-refractivity contribution in [3.05, 3.63) is 24.5 Å². The molecule has 0 spiro atoms. The fraction of sp³-hybridized carbons (Fsp3) is 0.308. The summed E-state index contributed by atoms with van der Waals surface area (Å²) in [6.45, 7) is 3.24. The van der Waals surface area contributed by atoms with Gasteiger partial charge in [0.1, 0.15) is 18.2 Å². The van der Waals surface area contributed by atoms with Crippen LogP contribution in [0.5, 0.6) is 0 Å². The second-order valence-corrected chi connectivity index (χ2v) is 4.63. The molecule has 1 aromatic heterocycles. The van der Waals surface area contributed by atoms with E-state index in [4.69, 9.17) is 5.73 Å². The third kappa shape index (κ3) is 1.95. The van der Waals surface area contributed by atoms with Crippen LogP contribution in [0.15, 0.2) is 24.5 Å². The molecule has 98 valence electrons. The zero-order valence-corrected chi connectivity index (χ0v) is 10.6. The number of nitrogen functional groups attached to an aromatic ring is 1. The van der Waals surface area contributed by atoms with Crippen molar-refractivity contribution < 1.29 is 4.79 Å². The number of hydrogen-bond donors (Lipinski definition) is 2. The van der Waals surface area contributed by atoms with Gasteiger partial charge in [0, 0.05) is 24.2 Å². The molecule has 3 N–H and O–H groups in total. The topological polar surface area (TPSA) is 84.1 Å². The van der Waals surface area contributed by atoms with Crippen molar-refractivity contribution in [3.63, 3.8) is 0 Å². The van der Waals surface area contributed by atoms with E-state index in [1.54, 1.807) is 0 Å². The third-order valence-electron chi connectivity index (χ3n) is 3.41. The molecule has 3 rings (SSSR count). The summed E-state index contributed by atoms with van der Waals surface area (Å²) in [4.78, 5) is 22.3. The SMILES string of the molecule is CC1C(=O)NCCN1c1ncnc2cc(N)ccc12. The van der Waals surface area contributed by atoms with Crippen LogP contribution in [-0.2, 0) is 4.79 Å². The van der Waals surface area contributed by atoms with Gasteiger partial charge in [-0.2, -0.15) is 0 Å². The fourth-order valence-corrected chi connectivity index (χ4v) is 2.36. The van der Waals surface area contributed by atoms with Crippen molar-refractivity contribution >= 4 is 28.3 Å². The lowest BCUT2D eigenvalue weighted by atomic mass is 10.1. The molecular formula is C13H15N5O. The molecule has 1 fully saturated rings. The normalized spacial score (nSPS) is 19.5. The number of amides is 1. The number of carbonyl (C=O) groups is 1. The van der Waals surface area contributed by atoms with Crippen molar-refractivity contribution in [1.29, 1.82) is 0 Å². The third-order valence-corrected chi connectivity index (χ3v) is 3.41. The number of piperazine rings is 1. The Morgan fingerprint density at radius 1 is 1.42 bits per heavy atom. The van der Waals surface area contributed by atoms with Gasteiger partial charge < -0.3 is 16.0 Å². The van der Waals surface area contributed by atoms with Crippen LogP contribution in [0.4, 0.5) is 11.5 Å². The van der Waals surface area contributed by atoms with Crippen molar-refractivity contribution in [2.24, 2.45) is 0 Å². The Hall–Kier alpha value is -2.37. The summed E-state index contributed by atoms with van der Waals surface area (Å²) in [7, 11) is 0. The van der Waals surface area contributed by atoms with Crippen molar-refractivity contribution in [1.82, 2.24) is 15.3 Å². The molecule has 1 amide bonds. The van der Waals surface area contributed by atoms with Crippen molar-refractivity contribution in [3.8, 4) is 0 Å². The van der Waals surface area contributed by atoms with Gasteiger partial charge in [-0.25, -0.2) is 9.97 Å². The van der Waals surface area contributed by atoms with Crippen molar-refractivity contribution in [2.75, 3.05) is 23.7 Å². The monoisotopic (exact) mass is 257 g/mol. The molecule has 2 aromatic rings. The number of carbonyl (C=O) groups excluding carboxylic acids is 1. The van der Waals surface area contributed by atoms with Gasteiger partial charge in [-0.3, -0.25) is 4.79 Å². The number of benzene rings is 1. The molecule has 0 bridgehead atoms. The number of nitrogens with zero attached hydrogens (tertiary/aromatic N) is 3. The second kappa shape index (κ2) is 4.38. The van der Waals surface area contributed by atoms with E-state index in [0.717, 1.165) is 23.3 Å². The summed E-state index contributed by atoms with van der Waals surface area (Å²) in [6, 6.07) is 5.31. The van der Waals surface area contributed by atoms with E-state index in [0.29, 0.717) is 12.2 Å². The minimum absolute atomic E-state index is 0.0217. The van der Waals surface area contributed by atoms with Gasteiger partial charge in [-0.15, -0.1) is 0 Å². The van der Waals surface area contributed by atoms with E-state index in [2.05, 4.69) is 15.3 Å². The first-order valence-electron chi connectivity index (χ1n) is 6.21. The van der Waals surface area contributed by atoms with E-state index in [1.807, 2.05) is 30.0 Å². The maximum absolute atomic E-state index is 11.8. The van der Waals surface area contributed by atoms with Crippen LogP contribution in [0.2, 0.25) is 0 Å². The highest BCUT2D eigenvalue weighted by atomic mass is 16.2. The van der Waals surface area contributed by atoms with Gasteiger partial charge in [0.2, 0.25) is 5.91 Å². The van der Waals surface area contributed by atoms with Gasteiger partial charge in [-0.1, -0.05) is 0 Å². The Kier molecular flexibility index (Phi) is 2.70. The molecule has 6 nitrogen and oxygen atoms in total. The molecule has 0 saturated carbocycles. The van der Waals surface area contributed by atoms with Crippen LogP contribution in [-0.4, -0.2) is 35.0 Å². The van der Waals surface area contributed by atoms with Crippen LogP contribution in [0.1, 0.15) is 6.92 Å². The van der Waals surface area contributed by atoms with Crippen LogP contribution in [0, 0.1) is 0 Å². The lowest BCUT2D eigenvalue weighted by Crippen LogP contribution is -2.54. The number of hydrogen-bond acceptors (Lipinski definition) is 5. The molecule has 1 saturated heterocycles. The lowest BCUT2D eigenvalue weighted by molar-refractivity contribution is -0.122. The summed E-state index contributed by atoms with van der Waals surface area (Å²) >= 11 is 0. The molecule has 1 aromatic carbocycles. The number of nitrogens with two attached hydrogens (primary N) is 1. The summed E-state index contributed by atoms with van der Waals surface area (Å²) < 4.78 is 0. The number of anilines is 2. The molecule has 19 heavy (non-hydrogen) atoms. The predicted molar refractivity (Wildman–Crippen MR) is 73.8 cm³/mol. The highest BCUT2D eigenvalue weighted by molar-refractivity contribution is 5.94. The molecular weight excluding hydrogens is 242 g/mol. The summed E-state index contributed by atoms with van der Waals surface area (Å²) in [6.07, 6.45) is 1.51. The predicted octanol–water partition coefficient (Wildman–Crippen LogP) is 0.537. The van der Waals surface area contributed by atoms with Gasteiger partial charge in [0.25, 0.3) is 0 Å². The van der Waals surface area contributed by atoms with E-state index >= 15 is 0 Å². The molecule has 0 radical (unpaired) electrons. The number of fused-ring (bicyclic) bond motifs is 1. The Morgan fingerprint density at radius 3 is 3.11 bits per heavy atom. The smallest absolute Gasteiger partial charge is 0.242 e. The fourth-order valence-electron chi connectivity index (χ4n) is 2.36. The molecule has 2 heterocycles. The van der Waals surface area contributed by atoms with Gasteiger partial charge in [0.05, 0.1) is 5.52 Å². The zero-order chi connectivity index (χ0) is 13.4. The summed E-state index contributed by atoms with van der Waals surface area (Å²) in [5.41, 5.74) is 7.23. The van der Waals surface area contributed by atoms with E-state index in [-0.39, 0.29) is 11.9 Å². The zero-order valence-electron chi connectivity index (χ0n) is 10.6. The van der Waals surface area contributed by atoms with Gasteiger partial charge in [-0.05, 0) is 25.1 Å². The highest BCUT2D eigenvalue weighted by Crippen LogP contribution is 2.26. The van der Waals surface area contributed by atoms with E-state index in [1.165, 1.54) is 6.33 Å². The quantitative estimate of drug-likeness (QED) is 0.728. The van der Waals surface area contributed by atoms with E-state index in [9.17, 15) is 4.79 Å². The van der Waals surface area contributed by atoms with Crippen LogP contribution in [0.3, 0.4) is 0 Å². The average molecular weight is 257 g/mol. The first-order valence-corrected chi connectivity index (χ1v) is 6.21. The van der Waals surface area contributed by atoms with Gasteiger partial charge in [0.15, 0.2) is 0 Å². The second-order valence-electron chi connectivity index (χ2n) is 4.63. The number of aromatic nitrogens is 2. The maximum atomic E-state index is 11.8. The Labute approximate surface area is 110 Å². The number of nitrogens with one attached hydrogen (secondary N) is 1. The van der Waals surface area contributed by atoms with Crippen LogP contribution >= 0.6 is 0 Å². The molecule has 1 unspecified atom stereocenters. The molecule has 1 aliphatic heterocycles. The average Bonchev–Trinajstić information content (AvgIpc) is 2.41. The Balaban J connectivity index is 2.12. The number of rotatable bonds is 1. The molecule has 0 aliphatic carbocycles. The molecule has 6 heteroatoms. The molecule has 1 atom stereocenters. The minimum atomic E-state index is -0.232.